The maximum Gasteiger partial charge on any atom is 0.118 e. The van der Waals surface area contributed by atoms with Gasteiger partial charge in [-0.3, -0.25) is 0 Å². The van der Waals surface area contributed by atoms with Gasteiger partial charge in [0.1, 0.15) is 5.75 Å². The van der Waals surface area contributed by atoms with Crippen LogP contribution in [0, 0.1) is 6.92 Å². The van der Waals surface area contributed by atoms with Gasteiger partial charge < -0.3 is 14.0 Å². The minimum absolute atomic E-state index is 0.721. The molecule has 0 atom stereocenters. The summed E-state index contributed by atoms with van der Waals surface area (Å²) in [5.74, 6) is 0.880. The van der Waals surface area contributed by atoms with Gasteiger partial charge in [0.2, 0.25) is 0 Å². The van der Waals surface area contributed by atoms with Crippen LogP contribution in [-0.2, 0) is 11.3 Å². The van der Waals surface area contributed by atoms with E-state index in [1.54, 1.807) is 14.2 Å². The SMILES string of the molecule is COCCn1c(C)ccc1-c1ccc(OC)cc1. The van der Waals surface area contributed by atoms with Gasteiger partial charge in [0, 0.05) is 25.0 Å². The van der Waals surface area contributed by atoms with E-state index < -0.39 is 0 Å². The summed E-state index contributed by atoms with van der Waals surface area (Å²) in [7, 11) is 3.41. The molecule has 0 spiro atoms. The molecule has 0 saturated heterocycles. The third kappa shape index (κ3) is 2.57. The number of hydrogen-bond acceptors (Lipinski definition) is 2. The Hall–Kier alpha value is -1.74. The van der Waals surface area contributed by atoms with Crippen LogP contribution in [0.3, 0.4) is 0 Å². The number of nitrogens with zero attached hydrogens (tertiary/aromatic N) is 1. The van der Waals surface area contributed by atoms with Crippen LogP contribution in [0.25, 0.3) is 11.3 Å². The lowest BCUT2D eigenvalue weighted by molar-refractivity contribution is 0.187. The van der Waals surface area contributed by atoms with Crippen molar-refractivity contribution in [1.82, 2.24) is 4.57 Å². The first-order valence-electron chi connectivity index (χ1n) is 6.05. The Morgan fingerprint density at radius 1 is 1.00 bits per heavy atom. The summed E-state index contributed by atoms with van der Waals surface area (Å²) in [6.45, 7) is 3.71. The van der Waals surface area contributed by atoms with E-state index >= 15 is 0 Å². The highest BCUT2D eigenvalue weighted by molar-refractivity contribution is 5.61. The Bertz CT molecular complexity index is 500. The summed E-state index contributed by atoms with van der Waals surface area (Å²) in [4.78, 5) is 0. The highest BCUT2D eigenvalue weighted by Crippen LogP contribution is 2.24. The summed E-state index contributed by atoms with van der Waals surface area (Å²) in [5.41, 5.74) is 3.66. The molecule has 0 amide bonds. The maximum absolute atomic E-state index is 5.18. The van der Waals surface area contributed by atoms with Crippen molar-refractivity contribution in [2.24, 2.45) is 0 Å². The Morgan fingerprint density at radius 2 is 1.72 bits per heavy atom. The Kier molecular flexibility index (Phi) is 4.05. The number of benzene rings is 1. The second kappa shape index (κ2) is 5.74. The van der Waals surface area contributed by atoms with Gasteiger partial charge >= 0.3 is 0 Å². The predicted molar refractivity (Wildman–Crippen MR) is 73.0 cm³/mol. The van der Waals surface area contributed by atoms with Crippen molar-refractivity contribution in [3.05, 3.63) is 42.1 Å². The van der Waals surface area contributed by atoms with Crippen molar-refractivity contribution in [3.8, 4) is 17.0 Å². The first-order chi connectivity index (χ1) is 8.76. The lowest BCUT2D eigenvalue weighted by Gasteiger charge is -2.11. The van der Waals surface area contributed by atoms with Crippen LogP contribution >= 0.6 is 0 Å². The minimum Gasteiger partial charge on any atom is -0.497 e. The standard InChI is InChI=1S/C15H19NO2/c1-12-4-9-15(16(12)10-11-17-2)13-5-7-14(18-3)8-6-13/h4-9H,10-11H2,1-3H3. The van der Waals surface area contributed by atoms with E-state index in [1.165, 1.54) is 17.0 Å². The molecule has 2 aromatic rings. The van der Waals surface area contributed by atoms with Gasteiger partial charge in [-0.2, -0.15) is 0 Å². The Morgan fingerprint density at radius 3 is 2.33 bits per heavy atom. The average molecular weight is 245 g/mol. The fourth-order valence-electron chi connectivity index (χ4n) is 2.06. The number of hydrogen-bond donors (Lipinski definition) is 0. The van der Waals surface area contributed by atoms with Gasteiger partial charge in [0.15, 0.2) is 0 Å². The average Bonchev–Trinajstić information content (AvgIpc) is 2.78. The molecule has 0 N–H and O–H groups in total. The van der Waals surface area contributed by atoms with E-state index in [-0.39, 0.29) is 0 Å². The van der Waals surface area contributed by atoms with E-state index in [0.717, 1.165) is 18.9 Å². The molecular weight excluding hydrogens is 226 g/mol. The second-order valence-corrected chi connectivity index (χ2v) is 4.23. The van der Waals surface area contributed by atoms with Gasteiger partial charge in [0.25, 0.3) is 0 Å². The molecule has 18 heavy (non-hydrogen) atoms. The monoisotopic (exact) mass is 245 g/mol. The number of aryl methyl sites for hydroxylation is 1. The quantitative estimate of drug-likeness (QED) is 0.808. The van der Waals surface area contributed by atoms with E-state index in [1.807, 2.05) is 12.1 Å². The molecule has 3 nitrogen and oxygen atoms in total. The van der Waals surface area contributed by atoms with Crippen molar-refractivity contribution < 1.29 is 9.47 Å². The molecule has 0 radical (unpaired) electrons. The van der Waals surface area contributed by atoms with Crippen LogP contribution in [0.15, 0.2) is 36.4 Å². The normalized spacial score (nSPS) is 10.6. The van der Waals surface area contributed by atoms with E-state index in [0.29, 0.717) is 0 Å². The van der Waals surface area contributed by atoms with Gasteiger partial charge in [-0.05, 0) is 48.9 Å². The van der Waals surface area contributed by atoms with Crippen LogP contribution < -0.4 is 4.74 Å². The zero-order chi connectivity index (χ0) is 13.0. The molecular formula is C15H19NO2. The van der Waals surface area contributed by atoms with Crippen LogP contribution in [0.5, 0.6) is 5.75 Å². The molecule has 0 aliphatic rings. The van der Waals surface area contributed by atoms with E-state index in [9.17, 15) is 0 Å². The summed E-state index contributed by atoms with van der Waals surface area (Å²) in [6, 6.07) is 12.4. The molecule has 1 aromatic carbocycles. The molecule has 0 unspecified atom stereocenters. The predicted octanol–water partition coefficient (Wildman–Crippen LogP) is 3.12. The van der Waals surface area contributed by atoms with Crippen molar-refractivity contribution in [2.45, 2.75) is 13.5 Å². The van der Waals surface area contributed by atoms with Crippen molar-refractivity contribution in [2.75, 3.05) is 20.8 Å². The van der Waals surface area contributed by atoms with Crippen molar-refractivity contribution in [1.29, 1.82) is 0 Å². The fraction of sp³-hybridized carbons (Fsp3) is 0.333. The van der Waals surface area contributed by atoms with Gasteiger partial charge in [-0.25, -0.2) is 0 Å². The topological polar surface area (TPSA) is 23.4 Å². The third-order valence-corrected chi connectivity index (χ3v) is 3.10. The fourth-order valence-corrected chi connectivity index (χ4v) is 2.06. The highest BCUT2D eigenvalue weighted by Gasteiger charge is 2.07. The molecule has 0 fully saturated rings. The zero-order valence-electron chi connectivity index (χ0n) is 11.1. The number of ether oxygens (including phenoxy) is 2. The first-order valence-corrected chi connectivity index (χ1v) is 6.05. The zero-order valence-corrected chi connectivity index (χ0v) is 11.1. The first kappa shape index (κ1) is 12.7. The van der Waals surface area contributed by atoms with Gasteiger partial charge in [-0.1, -0.05) is 0 Å². The number of methoxy groups -OCH3 is 2. The summed E-state index contributed by atoms with van der Waals surface area (Å²) >= 11 is 0. The Balaban J connectivity index is 2.31. The molecule has 0 saturated carbocycles. The maximum atomic E-state index is 5.18. The molecule has 3 heteroatoms. The second-order valence-electron chi connectivity index (χ2n) is 4.23. The van der Waals surface area contributed by atoms with Crippen LogP contribution in [0.1, 0.15) is 5.69 Å². The molecule has 96 valence electrons. The number of aromatic nitrogens is 1. The largest absolute Gasteiger partial charge is 0.497 e. The lowest BCUT2D eigenvalue weighted by atomic mass is 10.1. The van der Waals surface area contributed by atoms with Crippen LogP contribution in [0.2, 0.25) is 0 Å². The minimum atomic E-state index is 0.721. The van der Waals surface area contributed by atoms with E-state index in [2.05, 4.69) is 35.8 Å². The van der Waals surface area contributed by atoms with Crippen LogP contribution in [0.4, 0.5) is 0 Å². The Labute approximate surface area is 108 Å². The molecule has 0 bridgehead atoms. The summed E-state index contributed by atoms with van der Waals surface area (Å²) < 4.78 is 12.6. The summed E-state index contributed by atoms with van der Waals surface area (Å²) in [5, 5.41) is 0. The summed E-state index contributed by atoms with van der Waals surface area (Å²) in [6.07, 6.45) is 0. The molecule has 1 heterocycles. The molecule has 0 aliphatic carbocycles. The molecule has 2 rings (SSSR count). The lowest BCUT2D eigenvalue weighted by Crippen LogP contribution is -2.07. The highest BCUT2D eigenvalue weighted by atomic mass is 16.5. The smallest absolute Gasteiger partial charge is 0.118 e. The molecule has 0 aliphatic heterocycles. The van der Waals surface area contributed by atoms with Crippen molar-refractivity contribution >= 4 is 0 Å². The van der Waals surface area contributed by atoms with Crippen LogP contribution in [-0.4, -0.2) is 25.4 Å². The van der Waals surface area contributed by atoms with Gasteiger partial charge in [-0.15, -0.1) is 0 Å². The molecule has 1 aromatic heterocycles. The van der Waals surface area contributed by atoms with Gasteiger partial charge in [0.05, 0.1) is 13.7 Å². The number of rotatable bonds is 5. The van der Waals surface area contributed by atoms with E-state index in [4.69, 9.17) is 9.47 Å². The third-order valence-electron chi connectivity index (χ3n) is 3.10. The van der Waals surface area contributed by atoms with Crippen molar-refractivity contribution in [3.63, 3.8) is 0 Å².